The molecule has 1 aromatic heterocycles. The van der Waals surface area contributed by atoms with E-state index in [1.165, 1.54) is 0 Å². The van der Waals surface area contributed by atoms with Gasteiger partial charge in [0.1, 0.15) is 5.82 Å². The highest BCUT2D eigenvalue weighted by atomic mass is 16.1. The number of fused-ring (bicyclic) bond motifs is 1. The maximum atomic E-state index is 12.0. The molecule has 27 heavy (non-hydrogen) atoms. The van der Waals surface area contributed by atoms with Crippen molar-refractivity contribution in [2.45, 2.75) is 13.5 Å². The van der Waals surface area contributed by atoms with Crippen molar-refractivity contribution < 1.29 is 4.79 Å². The Morgan fingerprint density at radius 1 is 1.22 bits per heavy atom. The Balaban J connectivity index is 2.26. The van der Waals surface area contributed by atoms with Gasteiger partial charge in [-0.2, -0.15) is 0 Å². The zero-order valence-electron chi connectivity index (χ0n) is 15.7. The summed E-state index contributed by atoms with van der Waals surface area (Å²) in [4.78, 5) is 16.8. The van der Waals surface area contributed by atoms with Crippen molar-refractivity contribution >= 4 is 22.5 Å². The molecule has 4 heteroatoms. The smallest absolute Gasteiger partial charge is 0.251 e. The van der Waals surface area contributed by atoms with Crippen LogP contribution in [-0.4, -0.2) is 22.5 Å². The number of amides is 1. The van der Waals surface area contributed by atoms with Crippen molar-refractivity contribution in [3.8, 4) is 11.4 Å². The van der Waals surface area contributed by atoms with Crippen LogP contribution in [0.2, 0.25) is 0 Å². The van der Waals surface area contributed by atoms with E-state index >= 15 is 0 Å². The molecule has 0 aliphatic heterocycles. The standard InChI is InChI=1S/C23H23N3O/c1-5-10-16(6-2)18-11-8-9-12-19(18)22-25-20-15-17(23(27)24-4)13-14-21(20)26(22)7-3/h5-6,8-15H,1-2,7H2,3-4H3,(H,24,27)/b16-10+. The third kappa shape index (κ3) is 3.34. The summed E-state index contributed by atoms with van der Waals surface area (Å²) in [6.45, 7) is 10.6. The largest absolute Gasteiger partial charge is 0.355 e. The van der Waals surface area contributed by atoms with Gasteiger partial charge in [-0.3, -0.25) is 4.79 Å². The van der Waals surface area contributed by atoms with Gasteiger partial charge in [-0.1, -0.05) is 55.7 Å². The van der Waals surface area contributed by atoms with E-state index in [0.29, 0.717) is 5.56 Å². The third-order valence-corrected chi connectivity index (χ3v) is 4.55. The fraction of sp³-hybridized carbons (Fsp3) is 0.130. The van der Waals surface area contributed by atoms with Crippen LogP contribution in [0.5, 0.6) is 0 Å². The van der Waals surface area contributed by atoms with E-state index in [4.69, 9.17) is 4.98 Å². The van der Waals surface area contributed by atoms with E-state index in [2.05, 4.69) is 42.1 Å². The predicted octanol–water partition coefficient (Wildman–Crippen LogP) is 4.84. The first-order chi connectivity index (χ1) is 13.1. The average Bonchev–Trinajstić information content (AvgIpc) is 3.09. The number of nitrogens with zero attached hydrogens (tertiary/aromatic N) is 2. The molecule has 0 unspecified atom stereocenters. The summed E-state index contributed by atoms with van der Waals surface area (Å²) in [5, 5.41) is 2.66. The zero-order chi connectivity index (χ0) is 19.4. The molecule has 1 N–H and O–H groups in total. The molecule has 3 aromatic rings. The lowest BCUT2D eigenvalue weighted by atomic mass is 9.98. The van der Waals surface area contributed by atoms with Crippen molar-refractivity contribution in [2.24, 2.45) is 0 Å². The van der Waals surface area contributed by atoms with Gasteiger partial charge >= 0.3 is 0 Å². The molecule has 0 spiro atoms. The van der Waals surface area contributed by atoms with Gasteiger partial charge in [0.15, 0.2) is 0 Å². The third-order valence-electron chi connectivity index (χ3n) is 4.55. The molecule has 3 rings (SSSR count). The molecule has 0 saturated carbocycles. The molecule has 0 aliphatic rings. The highest BCUT2D eigenvalue weighted by molar-refractivity contribution is 5.98. The molecule has 0 atom stereocenters. The maximum absolute atomic E-state index is 12.0. The van der Waals surface area contributed by atoms with E-state index < -0.39 is 0 Å². The Hall–Kier alpha value is -3.40. The molecule has 1 amide bonds. The number of imidazole rings is 1. The lowest BCUT2D eigenvalue weighted by molar-refractivity contribution is 0.0963. The number of rotatable bonds is 6. The second kappa shape index (κ2) is 7.87. The highest BCUT2D eigenvalue weighted by Crippen LogP contribution is 2.32. The van der Waals surface area contributed by atoms with Crippen molar-refractivity contribution in [1.29, 1.82) is 0 Å². The molecule has 0 radical (unpaired) electrons. The average molecular weight is 357 g/mol. The van der Waals surface area contributed by atoms with Crippen molar-refractivity contribution in [3.63, 3.8) is 0 Å². The van der Waals surface area contributed by atoms with E-state index in [1.807, 2.05) is 42.5 Å². The summed E-state index contributed by atoms with van der Waals surface area (Å²) in [7, 11) is 1.63. The molecular weight excluding hydrogens is 334 g/mol. The lowest BCUT2D eigenvalue weighted by Crippen LogP contribution is -2.17. The van der Waals surface area contributed by atoms with Crippen LogP contribution in [0, 0.1) is 0 Å². The minimum absolute atomic E-state index is 0.118. The van der Waals surface area contributed by atoms with Gasteiger partial charge < -0.3 is 9.88 Å². The number of hydrogen-bond donors (Lipinski definition) is 1. The lowest BCUT2D eigenvalue weighted by Gasteiger charge is -2.12. The monoisotopic (exact) mass is 357 g/mol. The molecular formula is C23H23N3O. The molecule has 1 heterocycles. The number of benzene rings is 2. The van der Waals surface area contributed by atoms with E-state index in [0.717, 1.165) is 40.1 Å². The SMILES string of the molecule is C=C/C=C(\C=C)c1ccccc1-c1nc2cc(C(=O)NC)ccc2n1CC. The van der Waals surface area contributed by atoms with Crippen LogP contribution in [-0.2, 0) is 6.54 Å². The molecule has 136 valence electrons. The Kier molecular flexibility index (Phi) is 5.36. The first-order valence-corrected chi connectivity index (χ1v) is 8.91. The Morgan fingerprint density at radius 2 is 2.00 bits per heavy atom. The second-order valence-corrected chi connectivity index (χ2v) is 6.07. The number of carbonyl (C=O) groups excluding carboxylic acids is 1. The molecule has 0 fully saturated rings. The summed E-state index contributed by atoms with van der Waals surface area (Å²) in [6, 6.07) is 13.7. The fourth-order valence-electron chi connectivity index (χ4n) is 3.27. The highest BCUT2D eigenvalue weighted by Gasteiger charge is 2.16. The van der Waals surface area contributed by atoms with Gasteiger partial charge in [-0.05, 0) is 36.3 Å². The number of hydrogen-bond acceptors (Lipinski definition) is 2. The van der Waals surface area contributed by atoms with Crippen LogP contribution in [0.3, 0.4) is 0 Å². The molecule has 0 bridgehead atoms. The fourth-order valence-corrected chi connectivity index (χ4v) is 3.27. The summed E-state index contributed by atoms with van der Waals surface area (Å²) in [5.74, 6) is 0.752. The molecule has 2 aromatic carbocycles. The summed E-state index contributed by atoms with van der Waals surface area (Å²) in [6.07, 6.45) is 5.52. The Morgan fingerprint density at radius 3 is 2.67 bits per heavy atom. The van der Waals surface area contributed by atoms with Gasteiger partial charge in [-0.25, -0.2) is 4.98 Å². The first kappa shape index (κ1) is 18.4. The zero-order valence-corrected chi connectivity index (χ0v) is 15.7. The van der Waals surface area contributed by atoms with Gasteiger partial charge in [0.05, 0.1) is 11.0 Å². The summed E-state index contributed by atoms with van der Waals surface area (Å²) < 4.78 is 2.16. The normalized spacial score (nSPS) is 11.4. The van der Waals surface area contributed by atoms with E-state index in [9.17, 15) is 4.79 Å². The van der Waals surface area contributed by atoms with Gasteiger partial charge in [0, 0.05) is 24.7 Å². The quantitative estimate of drug-likeness (QED) is 0.642. The van der Waals surface area contributed by atoms with Crippen molar-refractivity contribution in [2.75, 3.05) is 7.05 Å². The molecule has 0 aliphatic carbocycles. The number of aromatic nitrogens is 2. The maximum Gasteiger partial charge on any atom is 0.251 e. The first-order valence-electron chi connectivity index (χ1n) is 8.91. The number of carbonyl (C=O) groups is 1. The van der Waals surface area contributed by atoms with E-state index in [-0.39, 0.29) is 5.91 Å². The van der Waals surface area contributed by atoms with Crippen LogP contribution < -0.4 is 5.32 Å². The topological polar surface area (TPSA) is 46.9 Å². The van der Waals surface area contributed by atoms with Crippen LogP contribution in [0.15, 0.2) is 73.9 Å². The summed E-state index contributed by atoms with van der Waals surface area (Å²) >= 11 is 0. The van der Waals surface area contributed by atoms with Crippen molar-refractivity contribution in [1.82, 2.24) is 14.9 Å². The molecule has 4 nitrogen and oxygen atoms in total. The number of aryl methyl sites for hydroxylation is 1. The van der Waals surface area contributed by atoms with Gasteiger partial charge in [0.2, 0.25) is 0 Å². The van der Waals surface area contributed by atoms with Crippen LogP contribution in [0.1, 0.15) is 22.8 Å². The Bertz CT molecular complexity index is 1060. The number of nitrogens with one attached hydrogen (secondary N) is 1. The van der Waals surface area contributed by atoms with Gasteiger partial charge in [0.25, 0.3) is 5.91 Å². The van der Waals surface area contributed by atoms with Gasteiger partial charge in [-0.15, -0.1) is 0 Å². The minimum Gasteiger partial charge on any atom is -0.355 e. The Labute approximate surface area is 159 Å². The second-order valence-electron chi connectivity index (χ2n) is 6.07. The van der Waals surface area contributed by atoms with Crippen LogP contribution >= 0.6 is 0 Å². The van der Waals surface area contributed by atoms with E-state index in [1.54, 1.807) is 13.1 Å². The van der Waals surface area contributed by atoms with Crippen molar-refractivity contribution in [3.05, 3.63) is 85.0 Å². The van der Waals surface area contributed by atoms with Crippen LogP contribution in [0.4, 0.5) is 0 Å². The minimum atomic E-state index is -0.118. The molecule has 0 saturated heterocycles. The predicted molar refractivity (Wildman–Crippen MR) is 113 cm³/mol. The van der Waals surface area contributed by atoms with Crippen LogP contribution in [0.25, 0.3) is 28.0 Å². The summed E-state index contributed by atoms with van der Waals surface area (Å²) in [5.41, 5.74) is 5.46. The number of allylic oxidation sites excluding steroid dienone is 4.